The van der Waals surface area contributed by atoms with Crippen LogP contribution in [0.2, 0.25) is 0 Å². The fourth-order valence-corrected chi connectivity index (χ4v) is 3.34. The first kappa shape index (κ1) is 27.3. The minimum absolute atomic E-state index is 0. The number of carbonyl (C=O) groups is 1. The average Bonchev–Trinajstić information content (AvgIpc) is 2.68. The molecule has 1 aliphatic rings. The largest absolute Gasteiger partial charge is 0.399 e. The van der Waals surface area contributed by atoms with Crippen LogP contribution in [-0.2, 0) is 0 Å². The van der Waals surface area contributed by atoms with Gasteiger partial charge in [0.05, 0.1) is 0 Å². The van der Waals surface area contributed by atoms with Crippen LogP contribution < -0.4 is 10.6 Å². The summed E-state index contributed by atoms with van der Waals surface area (Å²) in [7, 11) is 1.87. The van der Waals surface area contributed by atoms with Gasteiger partial charge >= 0.3 is 0 Å². The van der Waals surface area contributed by atoms with Gasteiger partial charge in [-0.2, -0.15) is 0 Å². The molecule has 0 atom stereocenters. The Hall–Kier alpha value is -1.66. The van der Waals surface area contributed by atoms with Gasteiger partial charge in [-0.05, 0) is 36.8 Å². The van der Waals surface area contributed by atoms with Gasteiger partial charge in [-0.15, -0.1) is 37.2 Å². The van der Waals surface area contributed by atoms with E-state index in [2.05, 4.69) is 40.1 Å². The van der Waals surface area contributed by atoms with E-state index in [0.717, 1.165) is 44.8 Å². The number of amides is 1. The zero-order valence-corrected chi connectivity index (χ0v) is 19.4. The standard InChI is InChI=1S/C21H28N4O.3ClH/c1-17-8-9-18(22)16-20(17)21(26)23(2)10-11-24-12-14-25(15-13-24)19-6-4-3-5-7-19;;;/h3-9,16H,10-15,22H2,1-2H3;3*1H. The minimum Gasteiger partial charge on any atom is -0.399 e. The smallest absolute Gasteiger partial charge is 0.253 e. The summed E-state index contributed by atoms with van der Waals surface area (Å²) < 4.78 is 0. The van der Waals surface area contributed by atoms with E-state index in [1.54, 1.807) is 11.0 Å². The second-order valence-corrected chi connectivity index (χ2v) is 6.97. The Balaban J connectivity index is 0.00000261. The molecule has 2 N–H and O–H groups in total. The van der Waals surface area contributed by atoms with Crippen molar-refractivity contribution in [1.29, 1.82) is 0 Å². The summed E-state index contributed by atoms with van der Waals surface area (Å²) in [5.41, 5.74) is 9.41. The lowest BCUT2D eigenvalue weighted by Crippen LogP contribution is -2.48. The summed E-state index contributed by atoms with van der Waals surface area (Å²) in [6, 6.07) is 16.0. The lowest BCUT2D eigenvalue weighted by atomic mass is 10.1. The molecular weight excluding hydrogens is 431 g/mol. The molecule has 0 saturated carbocycles. The van der Waals surface area contributed by atoms with Crippen LogP contribution in [0.5, 0.6) is 0 Å². The highest BCUT2D eigenvalue weighted by atomic mass is 35.5. The maximum atomic E-state index is 12.7. The molecule has 0 aliphatic carbocycles. The highest BCUT2D eigenvalue weighted by Crippen LogP contribution is 2.16. The Morgan fingerprint density at radius 1 is 1.00 bits per heavy atom. The van der Waals surface area contributed by atoms with Gasteiger partial charge in [0.2, 0.25) is 0 Å². The molecule has 1 fully saturated rings. The van der Waals surface area contributed by atoms with Crippen LogP contribution in [0, 0.1) is 6.92 Å². The number of halogens is 3. The third-order valence-corrected chi connectivity index (χ3v) is 5.08. The number of aryl methyl sites for hydroxylation is 1. The molecule has 0 spiro atoms. The van der Waals surface area contributed by atoms with Crippen LogP contribution >= 0.6 is 37.2 Å². The fraction of sp³-hybridized carbons (Fsp3) is 0.381. The van der Waals surface area contributed by atoms with Crippen molar-refractivity contribution in [3.05, 3.63) is 59.7 Å². The van der Waals surface area contributed by atoms with E-state index >= 15 is 0 Å². The van der Waals surface area contributed by atoms with E-state index in [4.69, 9.17) is 5.73 Å². The zero-order chi connectivity index (χ0) is 18.5. The molecule has 1 amide bonds. The number of likely N-dealkylation sites (N-methyl/N-ethyl adjacent to an activating group) is 1. The average molecular weight is 462 g/mol. The molecule has 2 aromatic carbocycles. The molecule has 1 saturated heterocycles. The highest BCUT2D eigenvalue weighted by Gasteiger charge is 2.19. The van der Waals surface area contributed by atoms with Crippen molar-refractivity contribution in [2.45, 2.75) is 6.92 Å². The van der Waals surface area contributed by atoms with Crippen molar-refractivity contribution < 1.29 is 4.79 Å². The van der Waals surface area contributed by atoms with Crippen molar-refractivity contribution in [3.8, 4) is 0 Å². The SMILES string of the molecule is Cc1ccc(N)cc1C(=O)N(C)CCN1CCN(c2ccccc2)CC1.Cl.Cl.Cl. The van der Waals surface area contributed by atoms with E-state index in [-0.39, 0.29) is 43.1 Å². The van der Waals surface area contributed by atoms with Crippen molar-refractivity contribution in [1.82, 2.24) is 9.80 Å². The van der Waals surface area contributed by atoms with Crippen molar-refractivity contribution in [2.24, 2.45) is 0 Å². The van der Waals surface area contributed by atoms with Gasteiger partial charge in [-0.3, -0.25) is 9.69 Å². The Labute approximate surface area is 192 Å². The van der Waals surface area contributed by atoms with Crippen LogP contribution in [0.25, 0.3) is 0 Å². The first-order valence-electron chi connectivity index (χ1n) is 9.18. The second kappa shape index (κ2) is 12.8. The Bertz CT molecular complexity index is 753. The number of nitrogens with two attached hydrogens (primary N) is 1. The van der Waals surface area contributed by atoms with E-state index in [1.807, 2.05) is 26.1 Å². The molecule has 1 aliphatic heterocycles. The first-order chi connectivity index (χ1) is 12.5. The molecule has 29 heavy (non-hydrogen) atoms. The predicted octanol–water partition coefficient (Wildman–Crippen LogP) is 3.74. The summed E-state index contributed by atoms with van der Waals surface area (Å²) in [6.45, 7) is 7.66. The number of para-hydroxylation sites is 1. The predicted molar refractivity (Wildman–Crippen MR) is 129 cm³/mol. The maximum Gasteiger partial charge on any atom is 0.253 e. The zero-order valence-electron chi connectivity index (χ0n) is 16.9. The van der Waals surface area contributed by atoms with Crippen LogP contribution in [0.4, 0.5) is 11.4 Å². The topological polar surface area (TPSA) is 52.8 Å². The first-order valence-corrected chi connectivity index (χ1v) is 9.18. The van der Waals surface area contributed by atoms with E-state index in [1.165, 1.54) is 5.69 Å². The van der Waals surface area contributed by atoms with Gasteiger partial charge in [-0.25, -0.2) is 0 Å². The molecule has 0 unspecified atom stereocenters. The van der Waals surface area contributed by atoms with Gasteiger partial charge in [0.25, 0.3) is 5.91 Å². The summed E-state index contributed by atoms with van der Waals surface area (Å²) >= 11 is 0. The number of benzene rings is 2. The van der Waals surface area contributed by atoms with E-state index in [0.29, 0.717) is 11.3 Å². The number of anilines is 2. The van der Waals surface area contributed by atoms with Crippen molar-refractivity contribution >= 4 is 54.5 Å². The third-order valence-electron chi connectivity index (χ3n) is 5.08. The van der Waals surface area contributed by atoms with Crippen molar-refractivity contribution in [3.63, 3.8) is 0 Å². The lowest BCUT2D eigenvalue weighted by molar-refractivity contribution is 0.0775. The lowest BCUT2D eigenvalue weighted by Gasteiger charge is -2.36. The summed E-state index contributed by atoms with van der Waals surface area (Å²) in [5, 5.41) is 0. The van der Waals surface area contributed by atoms with Gasteiger partial charge in [0, 0.05) is 63.3 Å². The normalized spacial score (nSPS) is 13.5. The molecule has 1 heterocycles. The van der Waals surface area contributed by atoms with E-state index in [9.17, 15) is 4.79 Å². The molecule has 2 aromatic rings. The number of nitrogen functional groups attached to an aromatic ring is 1. The number of hydrogen-bond acceptors (Lipinski definition) is 4. The molecule has 8 heteroatoms. The van der Waals surface area contributed by atoms with E-state index < -0.39 is 0 Å². The Morgan fingerprint density at radius 3 is 2.24 bits per heavy atom. The van der Waals surface area contributed by atoms with Gasteiger partial charge in [0.15, 0.2) is 0 Å². The monoisotopic (exact) mass is 460 g/mol. The number of piperazine rings is 1. The molecular formula is C21H31Cl3N4O. The van der Waals surface area contributed by atoms with Crippen LogP contribution in [0.3, 0.4) is 0 Å². The van der Waals surface area contributed by atoms with Crippen LogP contribution in [0.15, 0.2) is 48.5 Å². The van der Waals surface area contributed by atoms with Gasteiger partial charge < -0.3 is 15.5 Å². The summed E-state index contributed by atoms with van der Waals surface area (Å²) in [6.07, 6.45) is 0. The highest BCUT2D eigenvalue weighted by molar-refractivity contribution is 5.96. The Kier molecular flexibility index (Phi) is 12.1. The number of hydrogen-bond donors (Lipinski definition) is 1. The quantitative estimate of drug-likeness (QED) is 0.689. The van der Waals surface area contributed by atoms with Crippen LogP contribution in [-0.4, -0.2) is 62.0 Å². The Morgan fingerprint density at radius 2 is 1.62 bits per heavy atom. The third kappa shape index (κ3) is 7.27. The fourth-order valence-electron chi connectivity index (χ4n) is 3.34. The second-order valence-electron chi connectivity index (χ2n) is 6.97. The summed E-state index contributed by atoms with van der Waals surface area (Å²) in [4.78, 5) is 19.3. The van der Waals surface area contributed by atoms with Crippen LogP contribution in [0.1, 0.15) is 15.9 Å². The number of carbonyl (C=O) groups excluding carboxylic acids is 1. The minimum atomic E-state index is 0. The molecule has 162 valence electrons. The molecule has 3 rings (SSSR count). The maximum absolute atomic E-state index is 12.7. The van der Waals surface area contributed by atoms with Gasteiger partial charge in [0.1, 0.15) is 0 Å². The molecule has 0 radical (unpaired) electrons. The van der Waals surface area contributed by atoms with Crippen molar-refractivity contribution in [2.75, 3.05) is 56.9 Å². The molecule has 0 bridgehead atoms. The summed E-state index contributed by atoms with van der Waals surface area (Å²) in [5.74, 6) is 0.0396. The molecule has 0 aromatic heterocycles. The molecule has 5 nitrogen and oxygen atoms in total. The number of nitrogens with zero attached hydrogens (tertiary/aromatic N) is 3. The van der Waals surface area contributed by atoms with Gasteiger partial charge in [-0.1, -0.05) is 24.3 Å². The number of rotatable bonds is 5.